The predicted molar refractivity (Wildman–Crippen MR) is 62.8 cm³/mol. The molecule has 2 atom stereocenters. The van der Waals surface area contributed by atoms with Gasteiger partial charge in [0.05, 0.1) is 0 Å². The Balaban J connectivity index is 2.64. The van der Waals surface area contributed by atoms with Crippen LogP contribution in [0.5, 0.6) is 0 Å². The molecule has 1 aliphatic heterocycles. The third-order valence-electron chi connectivity index (χ3n) is 3.31. The van der Waals surface area contributed by atoms with Gasteiger partial charge >= 0.3 is 0 Å². The maximum Gasteiger partial charge on any atom is 0.244 e. The highest BCUT2D eigenvalue weighted by atomic mass is 16.2. The molecule has 1 N–H and O–H groups in total. The van der Waals surface area contributed by atoms with E-state index in [1.807, 2.05) is 4.90 Å². The molecule has 0 aromatic carbocycles. The second-order valence-electron chi connectivity index (χ2n) is 5.04. The average Bonchev–Trinajstić information content (AvgIpc) is 2.31. The van der Waals surface area contributed by atoms with E-state index in [0.717, 1.165) is 6.54 Å². The molecule has 0 saturated carbocycles. The summed E-state index contributed by atoms with van der Waals surface area (Å²) in [5.74, 6) is 1.03. The van der Waals surface area contributed by atoms with Crippen LogP contribution >= 0.6 is 0 Å². The van der Waals surface area contributed by atoms with Gasteiger partial charge < -0.3 is 10.2 Å². The van der Waals surface area contributed by atoms with Gasteiger partial charge in [-0.25, -0.2) is 0 Å². The standard InChI is InChI=1S/C12H22N2O2/c1-8(2)9(3)7-14-6-5-11(15)13-10(4)12(14)16/h8-10H,5-7H2,1-4H3,(H,13,15). The lowest BCUT2D eigenvalue weighted by Crippen LogP contribution is -2.44. The molecule has 1 rings (SSSR count). The minimum atomic E-state index is -0.380. The summed E-state index contributed by atoms with van der Waals surface area (Å²) in [7, 11) is 0. The molecule has 1 aliphatic rings. The molecular weight excluding hydrogens is 204 g/mol. The van der Waals surface area contributed by atoms with Crippen molar-refractivity contribution in [3.8, 4) is 0 Å². The fraction of sp³-hybridized carbons (Fsp3) is 0.833. The molecule has 0 aromatic rings. The Morgan fingerprint density at radius 2 is 2.00 bits per heavy atom. The third kappa shape index (κ3) is 3.22. The van der Waals surface area contributed by atoms with Crippen molar-refractivity contribution >= 4 is 11.8 Å². The van der Waals surface area contributed by atoms with Crippen LogP contribution in [0.1, 0.15) is 34.1 Å². The first-order valence-electron chi connectivity index (χ1n) is 6.00. The van der Waals surface area contributed by atoms with Gasteiger partial charge in [0, 0.05) is 19.5 Å². The average molecular weight is 226 g/mol. The van der Waals surface area contributed by atoms with Crippen molar-refractivity contribution in [2.24, 2.45) is 11.8 Å². The van der Waals surface area contributed by atoms with Crippen molar-refractivity contribution < 1.29 is 9.59 Å². The first kappa shape index (κ1) is 13.0. The van der Waals surface area contributed by atoms with Gasteiger partial charge in [-0.15, -0.1) is 0 Å². The monoisotopic (exact) mass is 226 g/mol. The summed E-state index contributed by atoms with van der Waals surface area (Å²) in [5, 5.41) is 2.69. The van der Waals surface area contributed by atoms with E-state index in [0.29, 0.717) is 24.8 Å². The highest BCUT2D eigenvalue weighted by molar-refractivity contribution is 5.89. The van der Waals surface area contributed by atoms with Crippen molar-refractivity contribution in [1.82, 2.24) is 10.2 Å². The van der Waals surface area contributed by atoms with Crippen LogP contribution in [-0.2, 0) is 9.59 Å². The lowest BCUT2D eigenvalue weighted by Gasteiger charge is -2.27. The molecule has 0 radical (unpaired) electrons. The molecule has 0 aromatic heterocycles. The zero-order chi connectivity index (χ0) is 12.3. The number of hydrogen-bond acceptors (Lipinski definition) is 2. The Labute approximate surface area is 97.4 Å². The Hall–Kier alpha value is -1.06. The SMILES string of the molecule is CC1NC(=O)CCN(CC(C)C(C)C)C1=O. The molecule has 2 unspecified atom stereocenters. The summed E-state index contributed by atoms with van der Waals surface area (Å²) in [5.41, 5.74) is 0. The number of hydrogen-bond donors (Lipinski definition) is 1. The van der Waals surface area contributed by atoms with Crippen molar-refractivity contribution in [3.63, 3.8) is 0 Å². The molecule has 0 spiro atoms. The highest BCUT2D eigenvalue weighted by Gasteiger charge is 2.27. The van der Waals surface area contributed by atoms with Crippen LogP contribution in [0.2, 0.25) is 0 Å². The lowest BCUT2D eigenvalue weighted by molar-refractivity contribution is -0.133. The van der Waals surface area contributed by atoms with E-state index in [-0.39, 0.29) is 17.9 Å². The molecule has 92 valence electrons. The van der Waals surface area contributed by atoms with Crippen molar-refractivity contribution in [3.05, 3.63) is 0 Å². The van der Waals surface area contributed by atoms with Gasteiger partial charge in [0.15, 0.2) is 0 Å². The summed E-state index contributed by atoms with van der Waals surface area (Å²) < 4.78 is 0. The van der Waals surface area contributed by atoms with Crippen molar-refractivity contribution in [1.29, 1.82) is 0 Å². The first-order valence-corrected chi connectivity index (χ1v) is 6.00. The maximum absolute atomic E-state index is 12.0. The summed E-state index contributed by atoms with van der Waals surface area (Å²) in [6.45, 7) is 9.49. The Kier molecular flexibility index (Phi) is 4.33. The molecule has 4 heteroatoms. The molecule has 2 amide bonds. The molecule has 1 heterocycles. The van der Waals surface area contributed by atoms with E-state index in [4.69, 9.17) is 0 Å². The number of nitrogens with one attached hydrogen (secondary N) is 1. The summed E-state index contributed by atoms with van der Waals surface area (Å²) in [6.07, 6.45) is 0.418. The van der Waals surface area contributed by atoms with Crippen LogP contribution in [0.25, 0.3) is 0 Å². The summed E-state index contributed by atoms with van der Waals surface area (Å²) in [4.78, 5) is 25.1. The third-order valence-corrected chi connectivity index (χ3v) is 3.31. The zero-order valence-electron chi connectivity index (χ0n) is 10.6. The second kappa shape index (κ2) is 5.32. The molecule has 0 bridgehead atoms. The minimum Gasteiger partial charge on any atom is -0.345 e. The van der Waals surface area contributed by atoms with Crippen molar-refractivity contribution in [2.45, 2.75) is 40.2 Å². The second-order valence-corrected chi connectivity index (χ2v) is 5.04. The van der Waals surface area contributed by atoms with Gasteiger partial charge in [0.2, 0.25) is 11.8 Å². The van der Waals surface area contributed by atoms with Crippen LogP contribution in [-0.4, -0.2) is 35.8 Å². The topological polar surface area (TPSA) is 49.4 Å². The normalized spacial score (nSPS) is 24.3. The number of rotatable bonds is 3. The molecule has 1 fully saturated rings. The highest BCUT2D eigenvalue weighted by Crippen LogP contribution is 2.13. The smallest absolute Gasteiger partial charge is 0.244 e. The summed E-state index contributed by atoms with van der Waals surface area (Å²) in [6, 6.07) is -0.380. The van der Waals surface area contributed by atoms with E-state index in [9.17, 15) is 9.59 Å². The van der Waals surface area contributed by atoms with Gasteiger partial charge in [0.25, 0.3) is 0 Å². The van der Waals surface area contributed by atoms with Crippen molar-refractivity contribution in [2.75, 3.05) is 13.1 Å². The molecule has 16 heavy (non-hydrogen) atoms. The minimum absolute atomic E-state index is 0.0273. The van der Waals surface area contributed by atoms with Crippen LogP contribution in [0.4, 0.5) is 0 Å². The number of amides is 2. The number of carbonyl (C=O) groups is 2. The quantitative estimate of drug-likeness (QED) is 0.781. The summed E-state index contributed by atoms with van der Waals surface area (Å²) >= 11 is 0. The first-order chi connectivity index (χ1) is 7.41. The van der Waals surface area contributed by atoms with E-state index in [2.05, 4.69) is 26.1 Å². The van der Waals surface area contributed by atoms with Crippen LogP contribution in [0.3, 0.4) is 0 Å². The van der Waals surface area contributed by atoms with Gasteiger partial charge in [-0.05, 0) is 18.8 Å². The van der Waals surface area contributed by atoms with Crippen LogP contribution in [0, 0.1) is 11.8 Å². The van der Waals surface area contributed by atoms with Crippen LogP contribution < -0.4 is 5.32 Å². The Morgan fingerprint density at radius 1 is 1.38 bits per heavy atom. The van der Waals surface area contributed by atoms with E-state index in [1.54, 1.807) is 6.92 Å². The molecular formula is C12H22N2O2. The zero-order valence-corrected chi connectivity index (χ0v) is 10.6. The van der Waals surface area contributed by atoms with E-state index < -0.39 is 0 Å². The fourth-order valence-corrected chi connectivity index (χ4v) is 1.74. The van der Waals surface area contributed by atoms with E-state index >= 15 is 0 Å². The lowest BCUT2D eigenvalue weighted by atomic mass is 9.97. The van der Waals surface area contributed by atoms with Gasteiger partial charge in [0.1, 0.15) is 6.04 Å². The van der Waals surface area contributed by atoms with Gasteiger partial charge in [-0.2, -0.15) is 0 Å². The van der Waals surface area contributed by atoms with Gasteiger partial charge in [-0.3, -0.25) is 9.59 Å². The molecule has 1 saturated heterocycles. The van der Waals surface area contributed by atoms with Gasteiger partial charge in [-0.1, -0.05) is 20.8 Å². The van der Waals surface area contributed by atoms with Crippen LogP contribution in [0.15, 0.2) is 0 Å². The number of carbonyl (C=O) groups excluding carboxylic acids is 2. The Bertz CT molecular complexity index is 276. The maximum atomic E-state index is 12.0. The molecule has 0 aliphatic carbocycles. The predicted octanol–water partition coefficient (Wildman–Crippen LogP) is 1.02. The fourth-order valence-electron chi connectivity index (χ4n) is 1.74. The number of nitrogens with zero attached hydrogens (tertiary/aromatic N) is 1. The van der Waals surface area contributed by atoms with E-state index in [1.165, 1.54) is 0 Å². The molecule has 4 nitrogen and oxygen atoms in total. The largest absolute Gasteiger partial charge is 0.345 e. The Morgan fingerprint density at radius 3 is 2.56 bits per heavy atom.